The lowest BCUT2D eigenvalue weighted by Crippen LogP contribution is -2.46. The molecule has 7 heteroatoms. The van der Waals surface area contributed by atoms with Gasteiger partial charge in [0.25, 0.3) is 0 Å². The van der Waals surface area contributed by atoms with Crippen molar-refractivity contribution in [3.05, 3.63) is 76.4 Å². The number of carbonyl (C=O) groups is 2. The Morgan fingerprint density at radius 2 is 1.96 bits per heavy atom. The first kappa shape index (κ1) is 16.1. The molecule has 1 spiro atoms. The van der Waals surface area contributed by atoms with E-state index >= 15 is 0 Å². The van der Waals surface area contributed by atoms with Crippen molar-refractivity contribution in [3.8, 4) is 0 Å². The molecule has 27 heavy (non-hydrogen) atoms. The lowest BCUT2D eigenvalue weighted by molar-refractivity contribution is -0.126. The molecule has 6 nitrogen and oxygen atoms in total. The smallest absolute Gasteiger partial charge is 0.243 e. The van der Waals surface area contributed by atoms with Crippen molar-refractivity contribution in [2.45, 2.75) is 18.4 Å². The van der Waals surface area contributed by atoms with Gasteiger partial charge in [-0.25, -0.2) is 0 Å². The number of hydrogen-bond donors (Lipinski definition) is 2. The highest BCUT2D eigenvalue weighted by Crippen LogP contribution is 2.51. The van der Waals surface area contributed by atoms with Crippen molar-refractivity contribution >= 4 is 34.9 Å². The van der Waals surface area contributed by atoms with Crippen molar-refractivity contribution in [2.24, 2.45) is 0 Å². The van der Waals surface area contributed by atoms with E-state index in [1.165, 1.54) is 0 Å². The van der Waals surface area contributed by atoms with Gasteiger partial charge in [-0.2, -0.15) is 5.10 Å². The zero-order valence-corrected chi connectivity index (χ0v) is 15.0. The number of benzene rings is 2. The number of anilines is 2. The summed E-state index contributed by atoms with van der Waals surface area (Å²) in [7, 11) is 0. The Morgan fingerprint density at radius 3 is 2.81 bits per heavy atom. The fraction of sp³-hybridized carbons (Fsp3) is 0.150. The molecule has 0 bridgehead atoms. The summed E-state index contributed by atoms with van der Waals surface area (Å²) in [6.45, 7) is 0.382. The van der Waals surface area contributed by atoms with Gasteiger partial charge < -0.3 is 10.2 Å². The molecule has 2 amide bonds. The number of aromatic amines is 1. The van der Waals surface area contributed by atoms with Gasteiger partial charge in [0.1, 0.15) is 11.2 Å². The number of aromatic nitrogens is 2. The summed E-state index contributed by atoms with van der Waals surface area (Å²) in [5, 5.41) is 10.2. The number of amides is 2. The highest BCUT2D eigenvalue weighted by molar-refractivity contribution is 6.30. The van der Waals surface area contributed by atoms with Crippen molar-refractivity contribution in [2.75, 3.05) is 10.2 Å². The van der Waals surface area contributed by atoms with E-state index in [4.69, 9.17) is 11.6 Å². The number of nitrogens with one attached hydrogen (secondary N) is 2. The van der Waals surface area contributed by atoms with Crippen molar-refractivity contribution in [1.82, 2.24) is 10.2 Å². The SMILES string of the molecule is O=C1C[C@@]2(C(=O)N(Cc3cccc(Cl)c3)c3ccccc32)c2cn[nH]c2N1. The standard InChI is InChI=1S/C20H15ClN4O2/c21-13-5-3-4-12(8-13)11-25-16-7-2-1-6-14(16)20(19(25)27)9-17(26)23-18-15(20)10-22-24-18/h1-8,10H,9,11H2,(H2,22,23,24,26)/t20-/m0/s1. The van der Waals surface area contributed by atoms with Crippen LogP contribution in [0.5, 0.6) is 0 Å². The molecular formula is C20H15ClN4O2. The van der Waals surface area contributed by atoms with Crippen LogP contribution in [0.3, 0.4) is 0 Å². The second-order valence-corrected chi connectivity index (χ2v) is 7.26. The number of carbonyl (C=O) groups excluding carboxylic acids is 2. The maximum Gasteiger partial charge on any atom is 0.243 e. The number of hydrogen-bond acceptors (Lipinski definition) is 3. The number of H-pyrrole nitrogens is 1. The summed E-state index contributed by atoms with van der Waals surface area (Å²) in [6, 6.07) is 15.1. The van der Waals surface area contributed by atoms with Crippen LogP contribution in [0.4, 0.5) is 11.5 Å². The van der Waals surface area contributed by atoms with Crippen LogP contribution in [0.15, 0.2) is 54.7 Å². The van der Waals surface area contributed by atoms with Gasteiger partial charge in [0.2, 0.25) is 11.8 Å². The Bertz CT molecular complexity index is 1090. The molecule has 0 aliphatic carbocycles. The molecule has 0 unspecified atom stereocenters. The molecule has 0 radical (unpaired) electrons. The molecule has 3 aromatic rings. The van der Waals surface area contributed by atoms with Crippen LogP contribution >= 0.6 is 11.6 Å². The van der Waals surface area contributed by atoms with Crippen molar-refractivity contribution < 1.29 is 9.59 Å². The molecule has 0 saturated heterocycles. The van der Waals surface area contributed by atoms with E-state index in [1.807, 2.05) is 42.5 Å². The summed E-state index contributed by atoms with van der Waals surface area (Å²) < 4.78 is 0. The third-order valence-corrected chi connectivity index (χ3v) is 5.52. The van der Waals surface area contributed by atoms with Gasteiger partial charge in [0.15, 0.2) is 0 Å². The quantitative estimate of drug-likeness (QED) is 0.718. The van der Waals surface area contributed by atoms with E-state index in [0.29, 0.717) is 22.9 Å². The number of para-hydroxylation sites is 1. The normalized spacial score (nSPS) is 20.6. The Balaban J connectivity index is 1.68. The molecule has 134 valence electrons. The number of nitrogens with zero attached hydrogens (tertiary/aromatic N) is 2. The number of rotatable bonds is 2. The fourth-order valence-corrected chi connectivity index (χ4v) is 4.37. The van der Waals surface area contributed by atoms with Crippen LogP contribution in [0.1, 0.15) is 23.1 Å². The second-order valence-electron chi connectivity index (χ2n) is 6.83. The molecule has 1 aromatic heterocycles. The van der Waals surface area contributed by atoms with Gasteiger partial charge in [0.05, 0.1) is 12.7 Å². The summed E-state index contributed by atoms with van der Waals surface area (Å²) in [5.74, 6) is 0.152. The minimum absolute atomic E-state index is 0.0570. The Hall–Kier alpha value is -3.12. The zero-order valence-electron chi connectivity index (χ0n) is 14.2. The molecular weight excluding hydrogens is 364 g/mol. The molecule has 2 aliphatic heterocycles. The van der Waals surface area contributed by atoms with Gasteiger partial charge in [-0.05, 0) is 29.3 Å². The first-order valence-corrected chi connectivity index (χ1v) is 8.97. The molecule has 2 aromatic carbocycles. The molecule has 3 heterocycles. The van der Waals surface area contributed by atoms with E-state index in [2.05, 4.69) is 15.5 Å². The third kappa shape index (κ3) is 2.23. The van der Waals surface area contributed by atoms with E-state index < -0.39 is 5.41 Å². The van der Waals surface area contributed by atoms with Crippen LogP contribution in [-0.4, -0.2) is 22.0 Å². The largest absolute Gasteiger partial charge is 0.311 e. The van der Waals surface area contributed by atoms with E-state index in [-0.39, 0.29) is 18.2 Å². The first-order valence-electron chi connectivity index (χ1n) is 8.59. The molecule has 2 N–H and O–H groups in total. The fourth-order valence-electron chi connectivity index (χ4n) is 4.16. The molecule has 0 saturated carbocycles. The number of halogens is 1. The van der Waals surface area contributed by atoms with Gasteiger partial charge >= 0.3 is 0 Å². The van der Waals surface area contributed by atoms with Crippen LogP contribution in [0, 0.1) is 0 Å². The summed E-state index contributed by atoms with van der Waals surface area (Å²) >= 11 is 6.11. The molecule has 2 aliphatic rings. The van der Waals surface area contributed by atoms with Gasteiger partial charge in [-0.1, -0.05) is 41.9 Å². The van der Waals surface area contributed by atoms with Gasteiger partial charge in [-0.3, -0.25) is 14.7 Å². The average Bonchev–Trinajstić information content (AvgIpc) is 3.21. The molecule has 5 rings (SSSR count). The topological polar surface area (TPSA) is 78.1 Å². The maximum absolute atomic E-state index is 13.7. The van der Waals surface area contributed by atoms with Crippen LogP contribution in [-0.2, 0) is 21.5 Å². The average molecular weight is 379 g/mol. The minimum atomic E-state index is -1.06. The molecule has 0 fully saturated rings. The van der Waals surface area contributed by atoms with Crippen molar-refractivity contribution in [1.29, 1.82) is 0 Å². The summed E-state index contributed by atoms with van der Waals surface area (Å²) in [4.78, 5) is 27.8. The van der Waals surface area contributed by atoms with E-state index in [9.17, 15) is 9.59 Å². The van der Waals surface area contributed by atoms with E-state index in [0.717, 1.165) is 16.8 Å². The summed E-state index contributed by atoms with van der Waals surface area (Å²) in [6.07, 6.45) is 1.69. The number of fused-ring (bicyclic) bond motifs is 4. The summed E-state index contributed by atoms with van der Waals surface area (Å²) in [5.41, 5.74) is 2.21. The molecule has 1 atom stereocenters. The van der Waals surface area contributed by atoms with Gasteiger partial charge in [0, 0.05) is 22.7 Å². The predicted molar refractivity (Wildman–Crippen MR) is 102 cm³/mol. The maximum atomic E-state index is 13.7. The lowest BCUT2D eigenvalue weighted by Gasteiger charge is -2.31. The Morgan fingerprint density at radius 1 is 1.11 bits per heavy atom. The van der Waals surface area contributed by atoms with Crippen molar-refractivity contribution in [3.63, 3.8) is 0 Å². The first-order chi connectivity index (χ1) is 13.1. The van der Waals surface area contributed by atoms with E-state index in [1.54, 1.807) is 17.2 Å². The Kier molecular flexibility index (Phi) is 3.39. The third-order valence-electron chi connectivity index (χ3n) is 5.28. The predicted octanol–water partition coefficient (Wildman–Crippen LogP) is 3.24. The lowest BCUT2D eigenvalue weighted by atomic mass is 9.72. The second kappa shape index (κ2) is 5.69. The minimum Gasteiger partial charge on any atom is -0.311 e. The van der Waals surface area contributed by atoms with Crippen LogP contribution < -0.4 is 10.2 Å². The highest BCUT2D eigenvalue weighted by Gasteiger charge is 2.56. The zero-order chi connectivity index (χ0) is 18.6. The van der Waals surface area contributed by atoms with Gasteiger partial charge in [-0.15, -0.1) is 0 Å². The monoisotopic (exact) mass is 378 g/mol. The highest BCUT2D eigenvalue weighted by atomic mass is 35.5. The Labute approximate surface area is 160 Å². The van der Waals surface area contributed by atoms with Crippen LogP contribution in [0.25, 0.3) is 0 Å². The van der Waals surface area contributed by atoms with Crippen LogP contribution in [0.2, 0.25) is 5.02 Å².